The molecule has 4 aliphatic heterocycles. The van der Waals surface area contributed by atoms with Gasteiger partial charge in [-0.1, -0.05) is 17.7 Å². The highest BCUT2D eigenvalue weighted by atomic mass is 16.6. The number of rotatable bonds is 3. The van der Waals surface area contributed by atoms with Gasteiger partial charge in [0.15, 0.2) is 17.1 Å². The highest BCUT2D eigenvalue weighted by Gasteiger charge is 2.80. The van der Waals surface area contributed by atoms with Crippen LogP contribution in [0, 0.1) is 0 Å². The van der Waals surface area contributed by atoms with Crippen LogP contribution >= 0.6 is 0 Å². The Balaban J connectivity index is 1.96. The maximum atomic E-state index is 14.4. The van der Waals surface area contributed by atoms with Gasteiger partial charge in [-0.2, -0.15) is 0 Å². The van der Waals surface area contributed by atoms with Crippen molar-refractivity contribution in [1.29, 1.82) is 0 Å². The Kier molecular flexibility index (Phi) is 5.28. The highest BCUT2D eigenvalue weighted by Crippen LogP contribution is 2.67. The maximum absolute atomic E-state index is 14.4. The number of nitrogens with zero attached hydrogens (tertiary/aromatic N) is 2. The molecule has 2 fully saturated rings. The van der Waals surface area contributed by atoms with E-state index in [4.69, 9.17) is 18.9 Å². The number of amides is 2. The summed E-state index contributed by atoms with van der Waals surface area (Å²) in [6.07, 6.45) is 2.75. The van der Waals surface area contributed by atoms with E-state index in [1.165, 1.54) is 33.3 Å². The molecule has 2 amide bonds. The lowest BCUT2D eigenvalue weighted by atomic mass is 9.54. The summed E-state index contributed by atoms with van der Waals surface area (Å²) in [7, 11) is 5.33. The van der Waals surface area contributed by atoms with Crippen molar-refractivity contribution in [3.8, 4) is 11.5 Å². The zero-order valence-electron chi connectivity index (χ0n) is 20.4. The molecule has 1 N–H and O–H groups in total. The van der Waals surface area contributed by atoms with Gasteiger partial charge in [0.25, 0.3) is 0 Å². The van der Waals surface area contributed by atoms with Crippen LogP contribution in [0.1, 0.15) is 37.7 Å². The summed E-state index contributed by atoms with van der Waals surface area (Å²) in [6, 6.07) is 3.41. The largest absolute Gasteiger partial charge is 0.493 e. The summed E-state index contributed by atoms with van der Waals surface area (Å²) < 4.78 is 21.6. The van der Waals surface area contributed by atoms with Crippen LogP contribution in [0.25, 0.3) is 0 Å². The van der Waals surface area contributed by atoms with Crippen LogP contribution in [-0.4, -0.2) is 80.6 Å². The summed E-state index contributed by atoms with van der Waals surface area (Å²) in [6.45, 7) is 0.974. The molecule has 4 heterocycles. The molecule has 3 atom stereocenters. The highest BCUT2D eigenvalue weighted by molar-refractivity contribution is 6.08. The standard InChI is InChI=1S/C25H30N2O8/c1-32-17-8-7-16-18(19(17)33-2)27(22(30)35-4)25-10-9-15(14-24(25,31)21(29)34-3)6-5-12-26-13-11-23(16,25)20(26)28/h7-9,31H,5-6,10-14H2,1-4H3/t23-,24-,25+/m1/s1. The number of esters is 1. The normalized spacial score (nSPS) is 30.9. The Hall–Kier alpha value is -3.27. The SMILES string of the molecule is COC(=O)N1c2c(ccc(OC)c2OC)[C@@]23CCN(CCCC4=CC[C@]12[C@](O)(C(=O)OC)C4)C3=O. The minimum atomic E-state index is -2.22. The van der Waals surface area contributed by atoms with Crippen molar-refractivity contribution >= 4 is 23.7 Å². The Morgan fingerprint density at radius 3 is 2.49 bits per heavy atom. The van der Waals surface area contributed by atoms with Crippen molar-refractivity contribution < 1.29 is 38.4 Å². The minimum absolute atomic E-state index is 0.0583. The Morgan fingerprint density at radius 1 is 1.06 bits per heavy atom. The lowest BCUT2D eigenvalue weighted by Crippen LogP contribution is -2.77. The van der Waals surface area contributed by atoms with Gasteiger partial charge in [0, 0.05) is 19.5 Å². The summed E-state index contributed by atoms with van der Waals surface area (Å²) in [5, 5.41) is 12.4. The third kappa shape index (κ3) is 2.60. The molecule has 4 bridgehead atoms. The third-order valence-corrected chi connectivity index (χ3v) is 8.36. The molecule has 1 aromatic rings. The van der Waals surface area contributed by atoms with Crippen LogP contribution in [0.3, 0.4) is 0 Å². The predicted molar refractivity (Wildman–Crippen MR) is 124 cm³/mol. The van der Waals surface area contributed by atoms with Crippen molar-refractivity contribution in [2.75, 3.05) is 46.4 Å². The molecular weight excluding hydrogens is 456 g/mol. The van der Waals surface area contributed by atoms with Gasteiger partial charge in [-0.15, -0.1) is 0 Å². The summed E-state index contributed by atoms with van der Waals surface area (Å²) in [5.41, 5.74) is -3.76. The summed E-state index contributed by atoms with van der Waals surface area (Å²) >= 11 is 0. The van der Waals surface area contributed by atoms with Gasteiger partial charge in [-0.05, 0) is 37.3 Å². The molecule has 0 saturated carbocycles. The van der Waals surface area contributed by atoms with Gasteiger partial charge < -0.3 is 29.0 Å². The van der Waals surface area contributed by atoms with E-state index >= 15 is 0 Å². The number of methoxy groups -OCH3 is 4. The molecule has 1 aromatic carbocycles. The first-order valence-electron chi connectivity index (χ1n) is 11.7. The maximum Gasteiger partial charge on any atom is 0.414 e. The van der Waals surface area contributed by atoms with Gasteiger partial charge in [0.1, 0.15) is 11.0 Å². The van der Waals surface area contributed by atoms with E-state index < -0.39 is 28.6 Å². The van der Waals surface area contributed by atoms with E-state index in [0.29, 0.717) is 43.7 Å². The molecule has 1 aliphatic carbocycles. The second kappa shape index (κ2) is 7.87. The van der Waals surface area contributed by atoms with Gasteiger partial charge in [-0.3, -0.25) is 9.69 Å². The number of ether oxygens (including phenoxy) is 4. The number of fused-ring (bicyclic) bond motifs is 5. The van der Waals surface area contributed by atoms with E-state index in [2.05, 4.69) is 0 Å². The lowest BCUT2D eigenvalue weighted by molar-refractivity contribution is -0.177. The van der Waals surface area contributed by atoms with E-state index in [-0.39, 0.29) is 30.2 Å². The topological polar surface area (TPSA) is 115 Å². The summed E-state index contributed by atoms with van der Waals surface area (Å²) in [4.78, 5) is 44.5. The molecular formula is C25H30N2O8. The molecule has 10 nitrogen and oxygen atoms in total. The van der Waals surface area contributed by atoms with Gasteiger partial charge >= 0.3 is 12.1 Å². The summed E-state index contributed by atoms with van der Waals surface area (Å²) in [5.74, 6) is -0.581. The average Bonchev–Trinajstić information content (AvgIpc) is 3.32. The van der Waals surface area contributed by atoms with Crippen LogP contribution < -0.4 is 14.4 Å². The minimum Gasteiger partial charge on any atom is -0.493 e. The van der Waals surface area contributed by atoms with Crippen molar-refractivity contribution in [3.63, 3.8) is 0 Å². The van der Waals surface area contributed by atoms with Crippen molar-refractivity contribution in [2.45, 2.75) is 48.7 Å². The van der Waals surface area contributed by atoms with Gasteiger partial charge in [0.2, 0.25) is 5.91 Å². The molecule has 35 heavy (non-hydrogen) atoms. The number of aliphatic hydroxyl groups is 1. The van der Waals surface area contributed by atoms with Gasteiger partial charge in [0.05, 0.1) is 34.1 Å². The van der Waals surface area contributed by atoms with Gasteiger partial charge in [-0.25, -0.2) is 9.59 Å². The van der Waals surface area contributed by atoms with Crippen molar-refractivity contribution in [3.05, 3.63) is 29.3 Å². The fourth-order valence-electron chi connectivity index (χ4n) is 6.96. The van der Waals surface area contributed by atoms with Crippen LogP contribution in [-0.2, 0) is 24.5 Å². The number of benzene rings is 1. The lowest BCUT2D eigenvalue weighted by Gasteiger charge is -2.55. The van der Waals surface area contributed by atoms with Crippen LogP contribution in [0.2, 0.25) is 0 Å². The Morgan fingerprint density at radius 2 is 1.83 bits per heavy atom. The second-order valence-corrected chi connectivity index (χ2v) is 9.51. The molecule has 10 heteroatoms. The van der Waals surface area contributed by atoms with Crippen LogP contribution in [0.15, 0.2) is 23.8 Å². The van der Waals surface area contributed by atoms with E-state index in [0.717, 1.165) is 5.57 Å². The molecule has 2 spiro atoms. The molecule has 188 valence electrons. The zero-order valence-corrected chi connectivity index (χ0v) is 20.4. The number of hydrogen-bond donors (Lipinski definition) is 1. The number of carbonyl (C=O) groups is 3. The molecule has 0 aromatic heterocycles. The first kappa shape index (κ1) is 23.5. The second-order valence-electron chi connectivity index (χ2n) is 9.51. The average molecular weight is 487 g/mol. The molecule has 0 radical (unpaired) electrons. The first-order valence-corrected chi connectivity index (χ1v) is 11.7. The van der Waals surface area contributed by atoms with Crippen LogP contribution in [0.4, 0.5) is 10.5 Å². The molecule has 6 rings (SSSR count). The first-order chi connectivity index (χ1) is 16.8. The predicted octanol–water partition coefficient (Wildman–Crippen LogP) is 1.92. The fraction of sp³-hybridized carbons (Fsp3) is 0.560. The number of hydrogen-bond acceptors (Lipinski definition) is 8. The molecule has 0 unspecified atom stereocenters. The Bertz CT molecular complexity index is 1150. The van der Waals surface area contributed by atoms with E-state index in [1.54, 1.807) is 17.0 Å². The van der Waals surface area contributed by atoms with Crippen molar-refractivity contribution in [2.24, 2.45) is 0 Å². The number of anilines is 1. The van der Waals surface area contributed by atoms with E-state index in [9.17, 15) is 19.5 Å². The monoisotopic (exact) mass is 486 g/mol. The van der Waals surface area contributed by atoms with E-state index in [1.807, 2.05) is 6.08 Å². The third-order valence-electron chi connectivity index (χ3n) is 8.36. The fourth-order valence-corrected chi connectivity index (χ4v) is 6.96. The smallest absolute Gasteiger partial charge is 0.414 e. The Labute approximate surface area is 203 Å². The molecule has 5 aliphatic rings. The molecule has 2 saturated heterocycles. The quantitative estimate of drug-likeness (QED) is 0.509. The number of carbonyl (C=O) groups excluding carboxylic acids is 3. The van der Waals surface area contributed by atoms with Crippen LogP contribution in [0.5, 0.6) is 11.5 Å². The zero-order chi connectivity index (χ0) is 25.2. The van der Waals surface area contributed by atoms with Crippen molar-refractivity contribution in [1.82, 2.24) is 4.90 Å².